The van der Waals surface area contributed by atoms with Crippen LogP contribution in [0.5, 0.6) is 0 Å². The van der Waals surface area contributed by atoms with E-state index in [1.807, 2.05) is 13.8 Å². The molecule has 0 aromatic heterocycles. The Morgan fingerprint density at radius 3 is 1.80 bits per heavy atom. The highest BCUT2D eigenvalue weighted by Crippen LogP contribution is 2.46. The number of hydrogen-bond acceptors (Lipinski definition) is 0. The van der Waals surface area contributed by atoms with Gasteiger partial charge in [-0.15, -0.1) is 0 Å². The summed E-state index contributed by atoms with van der Waals surface area (Å²) in [6.45, 7) is 9.47. The molecule has 0 amide bonds. The van der Waals surface area contributed by atoms with Crippen molar-refractivity contribution in [2.45, 2.75) is 105 Å². The Hall–Kier alpha value is -0.210. The normalized spacial score (nSPS) is 30.7. The van der Waals surface area contributed by atoms with Crippen molar-refractivity contribution in [3.05, 3.63) is 0 Å². The van der Waals surface area contributed by atoms with E-state index in [2.05, 4.69) is 13.8 Å². The molecule has 2 fully saturated rings. The fraction of sp³-hybridized carbons (Fsp3) is 1.00. The molecule has 0 nitrogen and oxygen atoms in total. The fourth-order valence-electron chi connectivity index (χ4n) is 4.84. The van der Waals surface area contributed by atoms with Crippen molar-refractivity contribution in [1.29, 1.82) is 0 Å². The lowest BCUT2D eigenvalue weighted by atomic mass is 9.64. The molecule has 150 valence electrons. The van der Waals surface area contributed by atoms with Crippen molar-refractivity contribution in [3.63, 3.8) is 0 Å². The van der Waals surface area contributed by atoms with Crippen LogP contribution in [0.4, 0.5) is 13.2 Å². The molecule has 0 aromatic rings. The van der Waals surface area contributed by atoms with E-state index in [4.69, 9.17) is 0 Å². The van der Waals surface area contributed by atoms with Crippen molar-refractivity contribution in [2.24, 2.45) is 29.1 Å². The predicted octanol–water partition coefficient (Wildman–Crippen LogP) is 7.71. The van der Waals surface area contributed by atoms with E-state index >= 15 is 0 Å². The molecule has 0 N–H and O–H groups in total. The van der Waals surface area contributed by atoms with E-state index in [9.17, 15) is 13.2 Å². The maximum atomic E-state index is 13.6. The molecule has 25 heavy (non-hydrogen) atoms. The van der Waals surface area contributed by atoms with E-state index in [1.54, 1.807) is 0 Å². The van der Waals surface area contributed by atoms with Gasteiger partial charge in [0.1, 0.15) is 12.3 Å². The summed E-state index contributed by atoms with van der Waals surface area (Å²) in [5, 5.41) is 0. The number of hydrogen-bond donors (Lipinski definition) is 0. The van der Waals surface area contributed by atoms with Gasteiger partial charge in [0, 0.05) is 0 Å². The minimum Gasteiger partial charge on any atom is -0.251 e. The van der Waals surface area contributed by atoms with Crippen LogP contribution in [0.1, 0.15) is 92.4 Å². The van der Waals surface area contributed by atoms with E-state index in [1.165, 1.54) is 32.6 Å². The molecular weight excluding hydrogens is 321 g/mol. The van der Waals surface area contributed by atoms with Gasteiger partial charge in [0.25, 0.3) is 0 Å². The maximum Gasteiger partial charge on any atom is 0.131 e. The Morgan fingerprint density at radius 1 is 0.880 bits per heavy atom. The minimum absolute atomic E-state index is 0.0567. The van der Waals surface area contributed by atoms with Crippen LogP contribution < -0.4 is 0 Å². The summed E-state index contributed by atoms with van der Waals surface area (Å²) in [6.07, 6.45) is 6.72. The third-order valence-electron chi connectivity index (χ3n) is 6.76. The first-order valence-corrected chi connectivity index (χ1v) is 10.7. The molecule has 0 saturated heterocycles. The fourth-order valence-corrected chi connectivity index (χ4v) is 4.84. The summed E-state index contributed by atoms with van der Waals surface area (Å²) in [7, 11) is 0. The summed E-state index contributed by atoms with van der Waals surface area (Å²) < 4.78 is 40.0. The van der Waals surface area contributed by atoms with Crippen LogP contribution in [0.3, 0.4) is 0 Å². The summed E-state index contributed by atoms with van der Waals surface area (Å²) in [5.41, 5.74) is 0.506. The van der Waals surface area contributed by atoms with Crippen molar-refractivity contribution < 1.29 is 13.2 Å². The first-order valence-electron chi connectivity index (χ1n) is 10.7. The molecule has 0 aromatic carbocycles. The SMILES string of the molecule is CC.CC(F)C(F)CC(CF)C1CCC(C2CCC(C)(C)CC2)CC1. The minimum atomic E-state index is -1.51. The lowest BCUT2D eigenvalue weighted by molar-refractivity contribution is 0.0750. The molecule has 2 rings (SSSR count). The average Bonchev–Trinajstić information content (AvgIpc) is 2.61. The van der Waals surface area contributed by atoms with Gasteiger partial charge in [0.15, 0.2) is 0 Å². The zero-order valence-electron chi connectivity index (χ0n) is 17.2. The van der Waals surface area contributed by atoms with Gasteiger partial charge in [-0.25, -0.2) is 8.78 Å². The summed E-state index contributed by atoms with van der Waals surface area (Å²) >= 11 is 0. The van der Waals surface area contributed by atoms with E-state index < -0.39 is 19.0 Å². The molecule has 3 heteroatoms. The molecular formula is C22H41F3. The van der Waals surface area contributed by atoms with Crippen LogP contribution in [0, 0.1) is 29.1 Å². The van der Waals surface area contributed by atoms with Crippen molar-refractivity contribution in [1.82, 2.24) is 0 Å². The standard InChI is InChI=1S/C20H35F3.C2H6/c1-14(22)19(23)12-18(13-21)16-6-4-15(5-7-16)17-8-10-20(2,3)11-9-17;1-2/h14-19H,4-13H2,1-3H3;1-2H3. The van der Waals surface area contributed by atoms with Crippen molar-refractivity contribution in [2.75, 3.05) is 6.67 Å². The van der Waals surface area contributed by atoms with Crippen LogP contribution in [-0.4, -0.2) is 19.0 Å². The number of halogens is 3. The smallest absolute Gasteiger partial charge is 0.131 e. The zero-order valence-corrected chi connectivity index (χ0v) is 17.2. The first-order chi connectivity index (χ1) is 11.8. The molecule has 0 bridgehead atoms. The van der Waals surface area contributed by atoms with Gasteiger partial charge in [-0.1, -0.05) is 27.7 Å². The Bertz CT molecular complexity index is 335. The van der Waals surface area contributed by atoms with Gasteiger partial charge in [-0.2, -0.15) is 0 Å². The second-order valence-electron chi connectivity index (χ2n) is 9.02. The van der Waals surface area contributed by atoms with Gasteiger partial charge in [0.05, 0.1) is 6.67 Å². The van der Waals surface area contributed by atoms with Crippen LogP contribution in [-0.2, 0) is 0 Å². The summed E-state index contributed by atoms with van der Waals surface area (Å²) in [5.74, 6) is 1.60. The van der Waals surface area contributed by atoms with Crippen LogP contribution in [0.25, 0.3) is 0 Å². The first kappa shape index (κ1) is 22.8. The quantitative estimate of drug-likeness (QED) is 0.454. The Balaban J connectivity index is 0.00000151. The molecule has 3 atom stereocenters. The highest BCUT2D eigenvalue weighted by molar-refractivity contribution is 4.86. The van der Waals surface area contributed by atoms with Gasteiger partial charge in [-0.05, 0) is 93.8 Å². The summed E-state index contributed by atoms with van der Waals surface area (Å²) in [6, 6.07) is 0. The molecule has 0 spiro atoms. The molecule has 3 unspecified atom stereocenters. The Kier molecular flexibility index (Phi) is 9.88. The van der Waals surface area contributed by atoms with E-state index in [0.29, 0.717) is 5.41 Å². The predicted molar refractivity (Wildman–Crippen MR) is 102 cm³/mol. The largest absolute Gasteiger partial charge is 0.251 e. The Labute approximate surface area is 154 Å². The van der Waals surface area contributed by atoms with E-state index in [-0.39, 0.29) is 18.3 Å². The molecule has 0 aliphatic heterocycles. The number of alkyl halides is 3. The van der Waals surface area contributed by atoms with Crippen LogP contribution in [0.2, 0.25) is 0 Å². The third kappa shape index (κ3) is 7.13. The van der Waals surface area contributed by atoms with Gasteiger partial charge < -0.3 is 0 Å². The van der Waals surface area contributed by atoms with E-state index in [0.717, 1.165) is 37.5 Å². The lowest BCUT2D eigenvalue weighted by Gasteiger charge is -2.41. The van der Waals surface area contributed by atoms with Crippen molar-refractivity contribution >= 4 is 0 Å². The maximum absolute atomic E-state index is 13.6. The lowest BCUT2D eigenvalue weighted by Crippen LogP contribution is -2.32. The van der Waals surface area contributed by atoms with Gasteiger partial charge in [0.2, 0.25) is 0 Å². The van der Waals surface area contributed by atoms with Crippen LogP contribution >= 0.6 is 0 Å². The van der Waals surface area contributed by atoms with Crippen LogP contribution in [0.15, 0.2) is 0 Å². The molecule has 2 aliphatic carbocycles. The molecule has 0 heterocycles. The number of rotatable bonds is 6. The summed E-state index contributed by atoms with van der Waals surface area (Å²) in [4.78, 5) is 0. The molecule has 2 aliphatic rings. The average molecular weight is 363 g/mol. The monoisotopic (exact) mass is 362 g/mol. The third-order valence-corrected chi connectivity index (χ3v) is 6.76. The Morgan fingerprint density at radius 2 is 1.36 bits per heavy atom. The topological polar surface area (TPSA) is 0 Å². The second-order valence-corrected chi connectivity index (χ2v) is 9.02. The molecule has 2 saturated carbocycles. The molecule has 0 radical (unpaired) electrons. The second kappa shape index (κ2) is 10.8. The van der Waals surface area contributed by atoms with Gasteiger partial charge >= 0.3 is 0 Å². The van der Waals surface area contributed by atoms with Crippen molar-refractivity contribution in [3.8, 4) is 0 Å². The highest BCUT2D eigenvalue weighted by Gasteiger charge is 2.36. The van der Waals surface area contributed by atoms with Gasteiger partial charge in [-0.3, -0.25) is 4.39 Å². The zero-order chi connectivity index (χ0) is 19.0. The highest BCUT2D eigenvalue weighted by atomic mass is 19.2.